The molecule has 0 spiro atoms. The van der Waals surface area contributed by atoms with Crippen LogP contribution < -0.4 is 10.2 Å². The van der Waals surface area contributed by atoms with Gasteiger partial charge in [0.15, 0.2) is 0 Å². The number of nitrogens with zero attached hydrogens (tertiary/aromatic N) is 3. The standard InChI is InChI=1S/C16H20N4O2/c1-11-9-12(2)20(19-11)10-16(21)18-17-13(3)14-5-7-15(22-4)8-6-14/h5-9H,10H2,1-4H3,(H,18,21)/b17-13+. The average Bonchev–Trinajstić information content (AvgIpc) is 2.82. The maximum atomic E-state index is 11.9. The van der Waals surface area contributed by atoms with E-state index in [1.807, 2.05) is 51.1 Å². The fraction of sp³-hybridized carbons (Fsp3) is 0.312. The first-order chi connectivity index (χ1) is 10.5. The van der Waals surface area contributed by atoms with Gasteiger partial charge in [-0.15, -0.1) is 0 Å². The van der Waals surface area contributed by atoms with Gasteiger partial charge < -0.3 is 4.74 Å². The Hall–Kier alpha value is -2.63. The molecule has 0 bridgehead atoms. The van der Waals surface area contributed by atoms with Gasteiger partial charge in [0, 0.05) is 5.69 Å². The van der Waals surface area contributed by atoms with Gasteiger partial charge in [-0.1, -0.05) is 0 Å². The Bertz CT molecular complexity index is 687. The van der Waals surface area contributed by atoms with Crippen molar-refractivity contribution in [2.24, 2.45) is 5.10 Å². The molecular weight excluding hydrogens is 280 g/mol. The highest BCUT2D eigenvalue weighted by atomic mass is 16.5. The monoisotopic (exact) mass is 300 g/mol. The summed E-state index contributed by atoms with van der Waals surface area (Å²) >= 11 is 0. The van der Waals surface area contributed by atoms with Crippen molar-refractivity contribution in [3.8, 4) is 5.75 Å². The van der Waals surface area contributed by atoms with Crippen LogP contribution in [0.5, 0.6) is 5.75 Å². The van der Waals surface area contributed by atoms with Gasteiger partial charge in [-0.05, 0) is 56.7 Å². The quantitative estimate of drug-likeness (QED) is 0.679. The van der Waals surface area contributed by atoms with Gasteiger partial charge in [0.05, 0.1) is 18.5 Å². The second kappa shape index (κ2) is 6.89. The van der Waals surface area contributed by atoms with E-state index in [1.165, 1.54) is 0 Å². The lowest BCUT2D eigenvalue weighted by Crippen LogP contribution is -2.25. The number of benzene rings is 1. The minimum absolute atomic E-state index is 0.152. The van der Waals surface area contributed by atoms with Crippen LogP contribution in [0.1, 0.15) is 23.9 Å². The number of carbonyl (C=O) groups is 1. The molecule has 2 rings (SSSR count). The van der Waals surface area contributed by atoms with E-state index in [0.717, 1.165) is 28.4 Å². The lowest BCUT2D eigenvalue weighted by molar-refractivity contribution is -0.121. The zero-order chi connectivity index (χ0) is 16.1. The van der Waals surface area contributed by atoms with E-state index in [9.17, 15) is 4.79 Å². The molecule has 0 radical (unpaired) electrons. The first-order valence-electron chi connectivity index (χ1n) is 6.98. The number of hydrazone groups is 1. The lowest BCUT2D eigenvalue weighted by Gasteiger charge is -2.05. The Balaban J connectivity index is 1.97. The van der Waals surface area contributed by atoms with Crippen LogP contribution in [0, 0.1) is 13.8 Å². The van der Waals surface area contributed by atoms with Crippen LogP contribution in [0.3, 0.4) is 0 Å². The molecule has 0 unspecified atom stereocenters. The topological polar surface area (TPSA) is 68.5 Å². The molecule has 1 aromatic heterocycles. The van der Waals surface area contributed by atoms with Gasteiger partial charge in [-0.3, -0.25) is 9.48 Å². The van der Waals surface area contributed by atoms with Gasteiger partial charge in [-0.2, -0.15) is 10.2 Å². The maximum Gasteiger partial charge on any atom is 0.261 e. The van der Waals surface area contributed by atoms with E-state index in [2.05, 4.69) is 15.6 Å². The molecule has 0 atom stereocenters. The SMILES string of the molecule is COc1ccc(/C(C)=N/NC(=O)Cn2nc(C)cc2C)cc1. The molecule has 0 fully saturated rings. The molecule has 0 aliphatic carbocycles. The summed E-state index contributed by atoms with van der Waals surface area (Å²) < 4.78 is 6.76. The van der Waals surface area contributed by atoms with Gasteiger partial charge in [0.1, 0.15) is 12.3 Å². The van der Waals surface area contributed by atoms with E-state index < -0.39 is 0 Å². The Morgan fingerprint density at radius 2 is 2.00 bits per heavy atom. The molecule has 116 valence electrons. The van der Waals surface area contributed by atoms with E-state index in [1.54, 1.807) is 11.8 Å². The van der Waals surface area contributed by atoms with Gasteiger partial charge in [0.25, 0.3) is 5.91 Å². The highest BCUT2D eigenvalue weighted by Gasteiger charge is 2.06. The average molecular weight is 300 g/mol. The van der Waals surface area contributed by atoms with Crippen molar-refractivity contribution in [3.63, 3.8) is 0 Å². The zero-order valence-electron chi connectivity index (χ0n) is 13.3. The molecule has 22 heavy (non-hydrogen) atoms. The van der Waals surface area contributed by atoms with Crippen molar-refractivity contribution in [1.82, 2.24) is 15.2 Å². The minimum Gasteiger partial charge on any atom is -0.497 e. The number of aromatic nitrogens is 2. The molecule has 0 saturated carbocycles. The second-order valence-electron chi connectivity index (χ2n) is 5.05. The van der Waals surface area contributed by atoms with Crippen LogP contribution in [-0.2, 0) is 11.3 Å². The Labute approximate surface area is 129 Å². The molecule has 0 aliphatic heterocycles. The van der Waals surface area contributed by atoms with Gasteiger partial charge in [0.2, 0.25) is 0 Å². The summed E-state index contributed by atoms with van der Waals surface area (Å²) in [4.78, 5) is 11.9. The molecule has 6 nitrogen and oxygen atoms in total. The predicted octanol–water partition coefficient (Wildman–Crippen LogP) is 2.05. The molecule has 0 aliphatic rings. The number of nitrogens with one attached hydrogen (secondary N) is 1. The van der Waals surface area contributed by atoms with E-state index in [-0.39, 0.29) is 12.5 Å². The smallest absolute Gasteiger partial charge is 0.261 e. The molecule has 1 heterocycles. The molecule has 2 aromatic rings. The normalized spacial score (nSPS) is 11.4. The molecule has 6 heteroatoms. The summed E-state index contributed by atoms with van der Waals surface area (Å²) in [5, 5.41) is 8.37. The van der Waals surface area contributed by atoms with Crippen LogP contribution in [-0.4, -0.2) is 28.5 Å². The number of hydrogen-bond acceptors (Lipinski definition) is 4. The summed E-state index contributed by atoms with van der Waals surface area (Å²) in [6.45, 7) is 5.80. The largest absolute Gasteiger partial charge is 0.497 e. The number of amides is 1. The molecule has 1 aromatic carbocycles. The lowest BCUT2D eigenvalue weighted by atomic mass is 10.1. The van der Waals surface area contributed by atoms with Crippen molar-refractivity contribution >= 4 is 11.6 Å². The summed E-state index contributed by atoms with van der Waals surface area (Å²) in [5.74, 6) is 0.573. The van der Waals surface area contributed by atoms with Crippen LogP contribution in [0.25, 0.3) is 0 Å². The van der Waals surface area contributed by atoms with Crippen LogP contribution in [0.2, 0.25) is 0 Å². The second-order valence-corrected chi connectivity index (χ2v) is 5.05. The molecular formula is C16H20N4O2. The highest BCUT2D eigenvalue weighted by molar-refractivity contribution is 5.99. The molecule has 0 saturated heterocycles. The number of carbonyl (C=O) groups excluding carboxylic acids is 1. The summed E-state index contributed by atoms with van der Waals surface area (Å²) in [6.07, 6.45) is 0. The third-order valence-electron chi connectivity index (χ3n) is 3.25. The fourth-order valence-electron chi connectivity index (χ4n) is 2.05. The van der Waals surface area contributed by atoms with Crippen molar-refractivity contribution in [1.29, 1.82) is 0 Å². The van der Waals surface area contributed by atoms with E-state index in [0.29, 0.717) is 0 Å². The number of ether oxygens (including phenoxy) is 1. The molecule has 1 N–H and O–H groups in total. The Morgan fingerprint density at radius 1 is 1.32 bits per heavy atom. The van der Waals surface area contributed by atoms with Gasteiger partial charge in [-0.25, -0.2) is 5.43 Å². The number of rotatable bonds is 5. The van der Waals surface area contributed by atoms with Crippen molar-refractivity contribution < 1.29 is 9.53 Å². The summed E-state index contributed by atoms with van der Waals surface area (Å²) in [7, 11) is 1.62. The minimum atomic E-state index is -0.209. The summed E-state index contributed by atoms with van der Waals surface area (Å²) in [5.41, 5.74) is 6.04. The first-order valence-corrected chi connectivity index (χ1v) is 6.98. The van der Waals surface area contributed by atoms with Crippen molar-refractivity contribution in [3.05, 3.63) is 47.3 Å². The predicted molar refractivity (Wildman–Crippen MR) is 85.0 cm³/mol. The highest BCUT2D eigenvalue weighted by Crippen LogP contribution is 2.11. The van der Waals surface area contributed by atoms with Crippen molar-refractivity contribution in [2.75, 3.05) is 7.11 Å². The zero-order valence-corrected chi connectivity index (χ0v) is 13.3. The number of methoxy groups -OCH3 is 1. The Morgan fingerprint density at radius 3 is 2.55 bits per heavy atom. The fourth-order valence-corrected chi connectivity index (χ4v) is 2.05. The summed E-state index contributed by atoms with van der Waals surface area (Å²) in [6, 6.07) is 9.42. The van der Waals surface area contributed by atoms with Crippen LogP contribution in [0.4, 0.5) is 0 Å². The maximum absolute atomic E-state index is 11.9. The van der Waals surface area contributed by atoms with Gasteiger partial charge >= 0.3 is 0 Å². The third-order valence-corrected chi connectivity index (χ3v) is 3.25. The van der Waals surface area contributed by atoms with Crippen molar-refractivity contribution in [2.45, 2.75) is 27.3 Å². The Kier molecular flexibility index (Phi) is 4.93. The van der Waals surface area contributed by atoms with Crippen LogP contribution >= 0.6 is 0 Å². The number of hydrogen-bond donors (Lipinski definition) is 1. The van der Waals surface area contributed by atoms with Crippen LogP contribution in [0.15, 0.2) is 35.4 Å². The van der Waals surface area contributed by atoms with E-state index in [4.69, 9.17) is 4.74 Å². The first kappa shape index (κ1) is 15.8. The third kappa shape index (κ3) is 3.94. The number of aryl methyl sites for hydroxylation is 2. The molecule has 1 amide bonds. The van der Waals surface area contributed by atoms with E-state index >= 15 is 0 Å².